The van der Waals surface area contributed by atoms with Gasteiger partial charge < -0.3 is 15.0 Å². The molecule has 0 spiro atoms. The lowest BCUT2D eigenvalue weighted by Crippen LogP contribution is -2.35. The SMILES string of the molecule is O=C(NCc1cccc(CN2CCOCC2)c1)c1ccc(Cl)cc1N1CCCC1=O. The van der Waals surface area contributed by atoms with Crippen molar-refractivity contribution >= 4 is 29.1 Å². The highest BCUT2D eigenvalue weighted by molar-refractivity contribution is 6.31. The normalized spacial score (nSPS) is 17.4. The Morgan fingerprint density at radius 2 is 1.87 bits per heavy atom. The van der Waals surface area contributed by atoms with Crippen LogP contribution in [0.2, 0.25) is 5.02 Å². The summed E-state index contributed by atoms with van der Waals surface area (Å²) in [6.45, 7) is 5.35. The topological polar surface area (TPSA) is 61.9 Å². The number of carbonyl (C=O) groups excluding carboxylic acids is 2. The summed E-state index contributed by atoms with van der Waals surface area (Å²) in [5, 5.41) is 3.50. The van der Waals surface area contributed by atoms with Gasteiger partial charge in [-0.3, -0.25) is 14.5 Å². The van der Waals surface area contributed by atoms with Crippen molar-refractivity contribution in [2.75, 3.05) is 37.7 Å². The van der Waals surface area contributed by atoms with Crippen molar-refractivity contribution in [1.29, 1.82) is 0 Å². The van der Waals surface area contributed by atoms with Crippen LogP contribution in [0.5, 0.6) is 0 Å². The fourth-order valence-corrected chi connectivity index (χ4v) is 4.12. The van der Waals surface area contributed by atoms with Crippen molar-refractivity contribution in [2.45, 2.75) is 25.9 Å². The van der Waals surface area contributed by atoms with Crippen LogP contribution in [0.4, 0.5) is 5.69 Å². The summed E-state index contributed by atoms with van der Waals surface area (Å²) in [7, 11) is 0. The highest BCUT2D eigenvalue weighted by Gasteiger charge is 2.26. The fraction of sp³-hybridized carbons (Fsp3) is 0.391. The molecule has 2 aromatic rings. The third-order valence-corrected chi connectivity index (χ3v) is 5.76. The Kier molecular flexibility index (Phi) is 6.67. The van der Waals surface area contributed by atoms with E-state index >= 15 is 0 Å². The average Bonchev–Trinajstić information content (AvgIpc) is 3.19. The first-order chi connectivity index (χ1) is 14.6. The summed E-state index contributed by atoms with van der Waals surface area (Å²) >= 11 is 6.14. The van der Waals surface area contributed by atoms with E-state index < -0.39 is 0 Å². The van der Waals surface area contributed by atoms with Gasteiger partial charge >= 0.3 is 0 Å². The van der Waals surface area contributed by atoms with Crippen LogP contribution in [-0.4, -0.2) is 49.6 Å². The number of amides is 2. The summed E-state index contributed by atoms with van der Waals surface area (Å²) < 4.78 is 5.41. The maximum atomic E-state index is 12.9. The lowest BCUT2D eigenvalue weighted by molar-refractivity contribution is -0.117. The van der Waals surface area contributed by atoms with Gasteiger partial charge in [0.05, 0.1) is 24.5 Å². The molecule has 0 unspecified atom stereocenters. The number of ether oxygens (including phenoxy) is 1. The Balaban J connectivity index is 1.42. The number of anilines is 1. The van der Waals surface area contributed by atoms with Crippen molar-refractivity contribution in [3.8, 4) is 0 Å². The molecule has 0 bridgehead atoms. The Hall–Kier alpha value is -2.41. The second-order valence-corrected chi connectivity index (χ2v) is 8.14. The van der Waals surface area contributed by atoms with Gasteiger partial charge in [0.25, 0.3) is 5.91 Å². The molecule has 2 aliphatic rings. The Morgan fingerprint density at radius 1 is 1.07 bits per heavy atom. The van der Waals surface area contributed by atoms with Crippen molar-refractivity contribution in [3.05, 3.63) is 64.2 Å². The van der Waals surface area contributed by atoms with Crippen LogP contribution < -0.4 is 10.2 Å². The third kappa shape index (κ3) is 5.01. The fourth-order valence-electron chi connectivity index (χ4n) is 3.96. The molecular weight excluding hydrogens is 402 g/mol. The minimum atomic E-state index is -0.208. The summed E-state index contributed by atoms with van der Waals surface area (Å²) in [4.78, 5) is 29.1. The van der Waals surface area contributed by atoms with Gasteiger partial charge in [-0.15, -0.1) is 0 Å². The Bertz CT molecular complexity index is 928. The smallest absolute Gasteiger partial charge is 0.253 e. The molecule has 6 nitrogen and oxygen atoms in total. The van der Waals surface area contributed by atoms with E-state index in [-0.39, 0.29) is 11.8 Å². The highest BCUT2D eigenvalue weighted by Crippen LogP contribution is 2.28. The van der Waals surface area contributed by atoms with E-state index in [1.807, 2.05) is 12.1 Å². The molecule has 2 fully saturated rings. The van der Waals surface area contributed by atoms with E-state index in [0.717, 1.165) is 44.8 Å². The molecule has 0 aliphatic carbocycles. The van der Waals surface area contributed by atoms with Crippen LogP contribution in [-0.2, 0) is 22.6 Å². The van der Waals surface area contributed by atoms with Crippen LogP contribution in [0.1, 0.15) is 34.3 Å². The number of nitrogens with one attached hydrogen (secondary N) is 1. The second-order valence-electron chi connectivity index (χ2n) is 7.70. The van der Waals surface area contributed by atoms with E-state index in [9.17, 15) is 9.59 Å². The van der Waals surface area contributed by atoms with E-state index in [1.54, 1.807) is 23.1 Å². The van der Waals surface area contributed by atoms with E-state index in [0.29, 0.717) is 35.8 Å². The van der Waals surface area contributed by atoms with Gasteiger partial charge in [-0.1, -0.05) is 35.9 Å². The van der Waals surface area contributed by atoms with Crippen LogP contribution >= 0.6 is 11.6 Å². The van der Waals surface area contributed by atoms with Gasteiger partial charge in [-0.25, -0.2) is 0 Å². The number of rotatable bonds is 6. The molecule has 0 saturated carbocycles. The highest BCUT2D eigenvalue weighted by atomic mass is 35.5. The minimum absolute atomic E-state index is 0.0298. The predicted molar refractivity (Wildman–Crippen MR) is 117 cm³/mol. The largest absolute Gasteiger partial charge is 0.379 e. The molecule has 0 radical (unpaired) electrons. The lowest BCUT2D eigenvalue weighted by atomic mass is 10.1. The molecule has 158 valence electrons. The van der Waals surface area contributed by atoms with Gasteiger partial charge in [0, 0.05) is 44.2 Å². The van der Waals surface area contributed by atoms with Crippen molar-refractivity contribution in [3.63, 3.8) is 0 Å². The van der Waals surface area contributed by atoms with Gasteiger partial charge in [0.1, 0.15) is 0 Å². The molecule has 1 N–H and O–H groups in total. The summed E-state index contributed by atoms with van der Waals surface area (Å²) in [6, 6.07) is 13.3. The summed E-state index contributed by atoms with van der Waals surface area (Å²) in [5.74, 6) is -0.179. The lowest BCUT2D eigenvalue weighted by Gasteiger charge is -2.26. The first-order valence-electron chi connectivity index (χ1n) is 10.4. The van der Waals surface area contributed by atoms with Gasteiger partial charge in [0.2, 0.25) is 5.91 Å². The predicted octanol–water partition coefficient (Wildman–Crippen LogP) is 3.23. The van der Waals surface area contributed by atoms with Crippen LogP contribution in [0.25, 0.3) is 0 Å². The zero-order chi connectivity index (χ0) is 20.9. The van der Waals surface area contributed by atoms with Crippen LogP contribution in [0.15, 0.2) is 42.5 Å². The number of hydrogen-bond donors (Lipinski definition) is 1. The Morgan fingerprint density at radius 3 is 2.63 bits per heavy atom. The molecule has 2 aliphatic heterocycles. The number of hydrogen-bond acceptors (Lipinski definition) is 4. The van der Waals surface area contributed by atoms with Gasteiger partial charge in [0.15, 0.2) is 0 Å². The molecule has 2 aromatic carbocycles. The Labute approximate surface area is 181 Å². The second kappa shape index (κ2) is 9.60. The molecule has 2 heterocycles. The zero-order valence-electron chi connectivity index (χ0n) is 16.9. The number of morpholine rings is 1. The molecule has 2 amide bonds. The minimum Gasteiger partial charge on any atom is -0.379 e. The van der Waals surface area contributed by atoms with Gasteiger partial charge in [-0.05, 0) is 35.7 Å². The molecule has 7 heteroatoms. The molecule has 2 saturated heterocycles. The standard InChI is InChI=1S/C23H26ClN3O3/c24-19-6-7-20(21(14-19)27-8-2-5-22(27)28)23(29)25-15-17-3-1-4-18(13-17)16-26-9-11-30-12-10-26/h1,3-4,6-7,13-14H,2,5,8-12,15-16H2,(H,25,29). The summed E-state index contributed by atoms with van der Waals surface area (Å²) in [6.07, 6.45) is 1.30. The third-order valence-electron chi connectivity index (χ3n) is 5.52. The molecular formula is C23H26ClN3O3. The number of nitrogens with zero attached hydrogens (tertiary/aromatic N) is 2. The number of carbonyl (C=O) groups is 2. The maximum absolute atomic E-state index is 12.9. The summed E-state index contributed by atoms with van der Waals surface area (Å²) in [5.41, 5.74) is 3.32. The van der Waals surface area contributed by atoms with Crippen LogP contribution in [0.3, 0.4) is 0 Å². The number of halogens is 1. The van der Waals surface area contributed by atoms with Crippen molar-refractivity contribution in [2.24, 2.45) is 0 Å². The number of benzene rings is 2. The molecule has 4 rings (SSSR count). The van der Waals surface area contributed by atoms with E-state index in [2.05, 4.69) is 22.3 Å². The van der Waals surface area contributed by atoms with Crippen molar-refractivity contribution < 1.29 is 14.3 Å². The first kappa shape index (κ1) is 20.8. The quantitative estimate of drug-likeness (QED) is 0.768. The monoisotopic (exact) mass is 427 g/mol. The molecule has 0 aromatic heterocycles. The average molecular weight is 428 g/mol. The van der Waals surface area contributed by atoms with Crippen molar-refractivity contribution in [1.82, 2.24) is 10.2 Å². The molecule has 30 heavy (non-hydrogen) atoms. The zero-order valence-corrected chi connectivity index (χ0v) is 17.7. The van der Waals surface area contributed by atoms with E-state index in [4.69, 9.17) is 16.3 Å². The van der Waals surface area contributed by atoms with Crippen LogP contribution in [0, 0.1) is 0 Å². The van der Waals surface area contributed by atoms with Gasteiger partial charge in [-0.2, -0.15) is 0 Å². The maximum Gasteiger partial charge on any atom is 0.253 e. The van der Waals surface area contributed by atoms with E-state index in [1.165, 1.54) is 5.56 Å². The molecule has 0 atom stereocenters. The first-order valence-corrected chi connectivity index (χ1v) is 10.7.